The molecule has 6 nitrogen and oxygen atoms in total. The van der Waals surface area contributed by atoms with Crippen molar-refractivity contribution in [1.29, 1.82) is 0 Å². The monoisotopic (exact) mass is 320 g/mol. The smallest absolute Gasteiger partial charge is 0.291 e. The summed E-state index contributed by atoms with van der Waals surface area (Å²) in [6, 6.07) is 7.71. The summed E-state index contributed by atoms with van der Waals surface area (Å²) in [5, 5.41) is 2.75. The number of carbonyl (C=O) groups is 1. The molecule has 6 heteroatoms. The zero-order valence-electron chi connectivity index (χ0n) is 13.9. The molecule has 2 rings (SSSR count). The summed E-state index contributed by atoms with van der Waals surface area (Å²) in [7, 11) is 0. The molecular weight excluding hydrogens is 294 g/mol. The Kier molecular flexibility index (Phi) is 7.03. The van der Waals surface area contributed by atoms with Gasteiger partial charge in [-0.25, -0.2) is 4.99 Å². The molecule has 0 spiro atoms. The minimum Gasteiger partial charge on any atom is -0.465 e. The first kappa shape index (κ1) is 17.4. The van der Waals surface area contributed by atoms with Crippen LogP contribution in [0.2, 0.25) is 0 Å². The van der Waals surface area contributed by atoms with Gasteiger partial charge in [0.05, 0.1) is 32.9 Å². The number of quaternary nitrogens is 1. The van der Waals surface area contributed by atoms with Crippen LogP contribution in [0.15, 0.2) is 29.3 Å². The number of morpholine rings is 1. The Bertz CT molecular complexity index is 522. The number of amides is 1. The fraction of sp³-hybridized carbons (Fsp3) is 0.529. The molecule has 1 aliphatic rings. The number of ether oxygens (including phenoxy) is 2. The van der Waals surface area contributed by atoms with Crippen LogP contribution in [0.4, 0.5) is 0 Å². The topological polar surface area (TPSA) is 64.4 Å². The number of rotatable bonds is 5. The molecule has 126 valence electrons. The van der Waals surface area contributed by atoms with Crippen LogP contribution in [0.1, 0.15) is 22.8 Å². The maximum atomic E-state index is 12.2. The number of nitrogens with one attached hydrogen (secondary N) is 2. The molecule has 2 N–H and O–H groups in total. The van der Waals surface area contributed by atoms with Gasteiger partial charge in [-0.1, -0.05) is 17.7 Å². The summed E-state index contributed by atoms with van der Waals surface area (Å²) in [4.78, 5) is 18.1. The first-order valence-corrected chi connectivity index (χ1v) is 8.15. The Balaban J connectivity index is 1.87. The summed E-state index contributed by atoms with van der Waals surface area (Å²) in [6.07, 6.45) is 0. The number of aryl methyl sites for hydroxylation is 1. The zero-order valence-corrected chi connectivity index (χ0v) is 13.9. The van der Waals surface area contributed by atoms with E-state index < -0.39 is 0 Å². The SMILES string of the molecule is CCOC(=NCC[NH+]1CCOCC1)NC(=O)c1ccc(C)cc1. The average Bonchev–Trinajstić information content (AvgIpc) is 2.56. The third-order valence-electron chi connectivity index (χ3n) is 3.74. The van der Waals surface area contributed by atoms with Crippen molar-refractivity contribution < 1.29 is 19.2 Å². The Hall–Kier alpha value is -1.92. The highest BCUT2D eigenvalue weighted by Gasteiger charge is 2.14. The molecule has 0 atom stereocenters. The van der Waals surface area contributed by atoms with E-state index in [2.05, 4.69) is 10.3 Å². The van der Waals surface area contributed by atoms with Crippen molar-refractivity contribution in [1.82, 2.24) is 5.32 Å². The van der Waals surface area contributed by atoms with Gasteiger partial charge in [0.25, 0.3) is 11.9 Å². The largest absolute Gasteiger partial charge is 0.465 e. The molecule has 1 fully saturated rings. The fourth-order valence-electron chi connectivity index (χ4n) is 2.36. The molecule has 0 radical (unpaired) electrons. The molecule has 0 aliphatic carbocycles. The van der Waals surface area contributed by atoms with E-state index in [0.29, 0.717) is 24.7 Å². The molecule has 1 aromatic rings. The molecular formula is C17H26N3O3+. The summed E-state index contributed by atoms with van der Waals surface area (Å²) in [5.41, 5.74) is 1.72. The van der Waals surface area contributed by atoms with E-state index in [-0.39, 0.29) is 5.91 Å². The average molecular weight is 320 g/mol. The van der Waals surface area contributed by atoms with Crippen LogP contribution in [0.25, 0.3) is 0 Å². The minimum absolute atomic E-state index is 0.198. The number of carbonyl (C=O) groups excluding carboxylic acids is 1. The molecule has 1 heterocycles. The molecule has 0 bridgehead atoms. The maximum Gasteiger partial charge on any atom is 0.291 e. The molecule has 0 unspecified atom stereocenters. The number of hydrogen-bond donors (Lipinski definition) is 2. The molecule has 0 aromatic heterocycles. The number of benzene rings is 1. The van der Waals surface area contributed by atoms with Gasteiger partial charge in [0, 0.05) is 5.56 Å². The third kappa shape index (κ3) is 6.00. The van der Waals surface area contributed by atoms with Gasteiger partial charge in [-0.15, -0.1) is 0 Å². The number of aliphatic imine (C=N–C) groups is 1. The van der Waals surface area contributed by atoms with Crippen molar-refractivity contribution in [2.24, 2.45) is 4.99 Å². The molecule has 23 heavy (non-hydrogen) atoms. The second-order valence-electron chi connectivity index (χ2n) is 5.55. The van der Waals surface area contributed by atoms with Gasteiger partial charge in [0.2, 0.25) is 0 Å². The maximum absolute atomic E-state index is 12.2. The number of nitrogens with zero attached hydrogens (tertiary/aromatic N) is 1. The first-order valence-electron chi connectivity index (χ1n) is 8.15. The number of hydrogen-bond acceptors (Lipinski definition) is 4. The van der Waals surface area contributed by atoms with Gasteiger partial charge in [-0.2, -0.15) is 0 Å². The van der Waals surface area contributed by atoms with E-state index in [1.807, 2.05) is 26.0 Å². The molecule has 0 saturated carbocycles. The normalized spacial score (nSPS) is 16.2. The van der Waals surface area contributed by atoms with E-state index in [4.69, 9.17) is 9.47 Å². The van der Waals surface area contributed by atoms with Crippen molar-refractivity contribution in [3.63, 3.8) is 0 Å². The van der Waals surface area contributed by atoms with E-state index in [1.54, 1.807) is 12.1 Å². The van der Waals surface area contributed by atoms with E-state index in [9.17, 15) is 4.79 Å². The lowest BCUT2D eigenvalue weighted by atomic mass is 10.1. The van der Waals surface area contributed by atoms with Gasteiger partial charge in [-0.3, -0.25) is 10.1 Å². The van der Waals surface area contributed by atoms with E-state index >= 15 is 0 Å². The van der Waals surface area contributed by atoms with Crippen LogP contribution in [-0.2, 0) is 9.47 Å². The number of amidine groups is 1. The van der Waals surface area contributed by atoms with Gasteiger partial charge < -0.3 is 14.4 Å². The summed E-state index contributed by atoms with van der Waals surface area (Å²) >= 11 is 0. The van der Waals surface area contributed by atoms with Gasteiger partial charge in [0.15, 0.2) is 0 Å². The Morgan fingerprint density at radius 2 is 2.00 bits per heavy atom. The molecule has 1 aromatic carbocycles. The van der Waals surface area contributed by atoms with Gasteiger partial charge in [-0.05, 0) is 26.0 Å². The molecule has 1 amide bonds. The van der Waals surface area contributed by atoms with Crippen LogP contribution in [-0.4, -0.2) is 57.9 Å². The van der Waals surface area contributed by atoms with Gasteiger partial charge >= 0.3 is 0 Å². The van der Waals surface area contributed by atoms with Crippen LogP contribution >= 0.6 is 0 Å². The van der Waals surface area contributed by atoms with Crippen LogP contribution in [0, 0.1) is 6.92 Å². The van der Waals surface area contributed by atoms with Crippen molar-refractivity contribution in [3.8, 4) is 0 Å². The van der Waals surface area contributed by atoms with Crippen molar-refractivity contribution in [3.05, 3.63) is 35.4 Å². The van der Waals surface area contributed by atoms with Crippen molar-refractivity contribution in [2.75, 3.05) is 46.0 Å². The Morgan fingerprint density at radius 1 is 1.30 bits per heavy atom. The second kappa shape index (κ2) is 9.27. The predicted molar refractivity (Wildman–Crippen MR) is 89.0 cm³/mol. The highest BCUT2D eigenvalue weighted by Crippen LogP contribution is 2.02. The Morgan fingerprint density at radius 3 is 2.65 bits per heavy atom. The van der Waals surface area contributed by atoms with Crippen LogP contribution in [0.3, 0.4) is 0 Å². The summed E-state index contributed by atoms with van der Waals surface area (Å²) in [6.45, 7) is 9.51. The van der Waals surface area contributed by atoms with E-state index in [1.165, 1.54) is 4.90 Å². The van der Waals surface area contributed by atoms with Crippen LogP contribution < -0.4 is 10.2 Å². The fourth-order valence-corrected chi connectivity index (χ4v) is 2.36. The zero-order chi connectivity index (χ0) is 16.5. The second-order valence-corrected chi connectivity index (χ2v) is 5.55. The third-order valence-corrected chi connectivity index (χ3v) is 3.74. The lowest BCUT2D eigenvalue weighted by Crippen LogP contribution is -3.14. The van der Waals surface area contributed by atoms with Crippen LogP contribution in [0.5, 0.6) is 0 Å². The lowest BCUT2D eigenvalue weighted by Gasteiger charge is -2.22. The summed E-state index contributed by atoms with van der Waals surface area (Å²) < 4.78 is 10.8. The van der Waals surface area contributed by atoms with E-state index in [0.717, 1.165) is 38.4 Å². The highest BCUT2D eigenvalue weighted by atomic mass is 16.5. The molecule has 1 saturated heterocycles. The quantitative estimate of drug-likeness (QED) is 0.594. The minimum atomic E-state index is -0.198. The van der Waals surface area contributed by atoms with Crippen molar-refractivity contribution in [2.45, 2.75) is 13.8 Å². The summed E-state index contributed by atoms with van der Waals surface area (Å²) in [5.74, 6) is -0.198. The molecule has 1 aliphatic heterocycles. The lowest BCUT2D eigenvalue weighted by molar-refractivity contribution is -0.906. The van der Waals surface area contributed by atoms with Crippen molar-refractivity contribution >= 4 is 11.9 Å². The van der Waals surface area contributed by atoms with Gasteiger partial charge in [0.1, 0.15) is 13.1 Å². The standard InChI is InChI=1S/C17H25N3O3/c1-3-23-17(18-8-9-20-10-12-22-13-11-20)19-16(21)15-6-4-14(2)5-7-15/h4-7H,3,8-13H2,1-2H3,(H,18,19,21)/p+1. The predicted octanol–water partition coefficient (Wildman–Crippen LogP) is 0.0324. The first-order chi connectivity index (χ1) is 11.2. The highest BCUT2D eigenvalue weighted by molar-refractivity contribution is 6.04. The Labute approximate surface area is 137 Å².